The summed E-state index contributed by atoms with van der Waals surface area (Å²) in [4.78, 5) is 0.176. The molecule has 114 valence electrons. The number of hydrogen-bond donors (Lipinski definition) is 2. The molecule has 0 heterocycles. The summed E-state index contributed by atoms with van der Waals surface area (Å²) < 4.78 is 27.4. The first-order chi connectivity index (χ1) is 9.27. The molecule has 1 rings (SSSR count). The van der Waals surface area contributed by atoms with E-state index in [-0.39, 0.29) is 10.9 Å². The van der Waals surface area contributed by atoms with E-state index >= 15 is 0 Å². The highest BCUT2D eigenvalue weighted by Crippen LogP contribution is 2.23. The standard InChI is InChI=1S/C14H24N2O2S2/c1-5-19-7-6-12(4)16-20(17,18)14-9-11(3)10(2)8-13(14)15/h8-9,12,16H,5-7,15H2,1-4H3. The van der Waals surface area contributed by atoms with Gasteiger partial charge in [-0.3, -0.25) is 0 Å². The number of nitrogens with one attached hydrogen (secondary N) is 1. The van der Waals surface area contributed by atoms with Crippen molar-refractivity contribution in [2.45, 2.75) is 45.1 Å². The van der Waals surface area contributed by atoms with Gasteiger partial charge in [-0.25, -0.2) is 13.1 Å². The minimum Gasteiger partial charge on any atom is -0.398 e. The Morgan fingerprint density at radius 3 is 2.50 bits per heavy atom. The predicted octanol–water partition coefficient (Wildman–Crippen LogP) is 2.70. The molecule has 0 aromatic heterocycles. The Kier molecular flexibility index (Phi) is 6.36. The third-order valence-corrected chi connectivity index (χ3v) is 5.75. The van der Waals surface area contributed by atoms with E-state index in [1.165, 1.54) is 0 Å². The maximum Gasteiger partial charge on any atom is 0.242 e. The summed E-state index contributed by atoms with van der Waals surface area (Å²) in [6.07, 6.45) is 0.808. The van der Waals surface area contributed by atoms with Crippen LogP contribution < -0.4 is 10.5 Å². The number of aryl methyl sites for hydroxylation is 2. The zero-order chi connectivity index (χ0) is 15.3. The van der Waals surface area contributed by atoms with Crippen molar-refractivity contribution in [1.82, 2.24) is 4.72 Å². The normalized spacial score (nSPS) is 13.4. The van der Waals surface area contributed by atoms with Crippen molar-refractivity contribution >= 4 is 27.5 Å². The van der Waals surface area contributed by atoms with Gasteiger partial charge in [0.05, 0.1) is 5.69 Å². The molecule has 0 bridgehead atoms. The lowest BCUT2D eigenvalue weighted by Gasteiger charge is -2.16. The molecule has 1 atom stereocenters. The number of rotatable bonds is 7. The van der Waals surface area contributed by atoms with E-state index in [2.05, 4.69) is 11.6 Å². The quantitative estimate of drug-likeness (QED) is 0.599. The maximum absolute atomic E-state index is 12.4. The summed E-state index contributed by atoms with van der Waals surface area (Å²) in [7, 11) is -3.55. The van der Waals surface area contributed by atoms with Gasteiger partial charge in [-0.05, 0) is 62.0 Å². The molecule has 1 aromatic carbocycles. The second-order valence-corrected chi connectivity index (χ2v) is 8.06. The van der Waals surface area contributed by atoms with Gasteiger partial charge in [0.2, 0.25) is 10.0 Å². The average molecular weight is 316 g/mol. The summed E-state index contributed by atoms with van der Waals surface area (Å²) in [5.41, 5.74) is 8.07. The first-order valence-electron chi connectivity index (χ1n) is 6.74. The van der Waals surface area contributed by atoms with E-state index in [0.29, 0.717) is 5.69 Å². The van der Waals surface area contributed by atoms with Crippen LogP contribution in [0.1, 0.15) is 31.4 Å². The van der Waals surface area contributed by atoms with Crippen molar-refractivity contribution in [1.29, 1.82) is 0 Å². The van der Waals surface area contributed by atoms with Gasteiger partial charge >= 0.3 is 0 Å². The van der Waals surface area contributed by atoms with Crippen LogP contribution in [0.3, 0.4) is 0 Å². The van der Waals surface area contributed by atoms with Crippen molar-refractivity contribution in [3.63, 3.8) is 0 Å². The lowest BCUT2D eigenvalue weighted by atomic mass is 10.1. The minimum absolute atomic E-state index is 0.0972. The van der Waals surface area contributed by atoms with E-state index in [9.17, 15) is 8.42 Å². The minimum atomic E-state index is -3.55. The number of thioether (sulfide) groups is 1. The van der Waals surface area contributed by atoms with Crippen LogP contribution in [-0.2, 0) is 10.0 Å². The van der Waals surface area contributed by atoms with Crippen molar-refractivity contribution < 1.29 is 8.42 Å². The number of nitrogens with two attached hydrogens (primary N) is 1. The summed E-state index contributed by atoms with van der Waals surface area (Å²) in [5, 5.41) is 0. The molecule has 0 spiro atoms. The summed E-state index contributed by atoms with van der Waals surface area (Å²) >= 11 is 1.81. The van der Waals surface area contributed by atoms with Crippen LogP contribution in [0, 0.1) is 13.8 Å². The lowest BCUT2D eigenvalue weighted by molar-refractivity contribution is 0.557. The van der Waals surface area contributed by atoms with Crippen LogP contribution in [0.15, 0.2) is 17.0 Å². The highest BCUT2D eigenvalue weighted by Gasteiger charge is 2.20. The fourth-order valence-electron chi connectivity index (χ4n) is 1.84. The smallest absolute Gasteiger partial charge is 0.242 e. The van der Waals surface area contributed by atoms with Crippen molar-refractivity contribution in [3.05, 3.63) is 23.3 Å². The molecule has 3 N–H and O–H groups in total. The van der Waals surface area contributed by atoms with Crippen molar-refractivity contribution in [2.24, 2.45) is 0 Å². The highest BCUT2D eigenvalue weighted by molar-refractivity contribution is 7.99. The van der Waals surface area contributed by atoms with Crippen LogP contribution in [0.5, 0.6) is 0 Å². The van der Waals surface area contributed by atoms with Gasteiger partial charge in [-0.15, -0.1) is 0 Å². The molecule has 20 heavy (non-hydrogen) atoms. The van der Waals surface area contributed by atoms with Gasteiger partial charge in [0.25, 0.3) is 0 Å². The van der Waals surface area contributed by atoms with E-state index < -0.39 is 10.0 Å². The van der Waals surface area contributed by atoms with Gasteiger partial charge < -0.3 is 5.73 Å². The van der Waals surface area contributed by atoms with E-state index in [4.69, 9.17) is 5.73 Å². The number of nitrogen functional groups attached to an aromatic ring is 1. The topological polar surface area (TPSA) is 72.2 Å². The molecule has 0 fully saturated rings. The van der Waals surface area contributed by atoms with E-state index in [0.717, 1.165) is 29.1 Å². The molecule has 4 nitrogen and oxygen atoms in total. The Bertz CT molecular complexity index is 557. The van der Waals surface area contributed by atoms with Gasteiger partial charge in [0.1, 0.15) is 4.90 Å². The molecule has 0 saturated carbocycles. The zero-order valence-corrected chi connectivity index (χ0v) is 14.2. The molecule has 0 radical (unpaired) electrons. The molecular weight excluding hydrogens is 292 g/mol. The number of hydrogen-bond acceptors (Lipinski definition) is 4. The Morgan fingerprint density at radius 1 is 1.30 bits per heavy atom. The van der Waals surface area contributed by atoms with Gasteiger partial charge in [0, 0.05) is 6.04 Å². The van der Waals surface area contributed by atoms with Crippen LogP contribution in [0.25, 0.3) is 0 Å². The maximum atomic E-state index is 12.4. The average Bonchev–Trinajstić information content (AvgIpc) is 2.33. The Morgan fingerprint density at radius 2 is 1.90 bits per heavy atom. The van der Waals surface area contributed by atoms with Crippen molar-refractivity contribution in [2.75, 3.05) is 17.2 Å². The van der Waals surface area contributed by atoms with Gasteiger partial charge in [-0.1, -0.05) is 6.92 Å². The number of benzene rings is 1. The first-order valence-corrected chi connectivity index (χ1v) is 9.38. The number of anilines is 1. The second kappa shape index (κ2) is 7.33. The third-order valence-electron chi connectivity index (χ3n) is 3.17. The van der Waals surface area contributed by atoms with Crippen molar-refractivity contribution in [3.8, 4) is 0 Å². The summed E-state index contributed by atoms with van der Waals surface area (Å²) in [6.45, 7) is 7.77. The van der Waals surface area contributed by atoms with Gasteiger partial charge in [-0.2, -0.15) is 11.8 Å². The largest absolute Gasteiger partial charge is 0.398 e. The Balaban J connectivity index is 2.86. The Labute approximate surface area is 126 Å². The molecule has 1 aromatic rings. The molecule has 1 unspecified atom stereocenters. The molecule has 0 saturated heterocycles. The van der Waals surface area contributed by atoms with Crippen LogP contribution in [0.4, 0.5) is 5.69 Å². The fourth-order valence-corrected chi connectivity index (χ4v) is 4.12. The van der Waals surface area contributed by atoms with E-state index in [1.54, 1.807) is 23.9 Å². The van der Waals surface area contributed by atoms with E-state index in [1.807, 2.05) is 20.8 Å². The van der Waals surface area contributed by atoms with Crippen LogP contribution >= 0.6 is 11.8 Å². The molecule has 0 aliphatic heterocycles. The summed E-state index contributed by atoms with van der Waals surface area (Å²) in [5.74, 6) is 1.99. The lowest BCUT2D eigenvalue weighted by Crippen LogP contribution is -2.33. The zero-order valence-electron chi connectivity index (χ0n) is 12.6. The SMILES string of the molecule is CCSCCC(C)NS(=O)(=O)c1cc(C)c(C)cc1N. The highest BCUT2D eigenvalue weighted by atomic mass is 32.2. The second-order valence-electron chi connectivity index (χ2n) is 4.98. The molecular formula is C14H24N2O2S2. The molecule has 0 aliphatic rings. The summed E-state index contributed by atoms with van der Waals surface area (Å²) in [6, 6.07) is 3.25. The monoisotopic (exact) mass is 316 g/mol. The van der Waals surface area contributed by atoms with Crippen LogP contribution in [-0.4, -0.2) is 26.0 Å². The third kappa shape index (κ3) is 4.68. The Hall–Kier alpha value is -0.720. The van der Waals surface area contributed by atoms with Gasteiger partial charge in [0.15, 0.2) is 0 Å². The van der Waals surface area contributed by atoms with Crippen LogP contribution in [0.2, 0.25) is 0 Å². The molecule has 0 aliphatic carbocycles. The fraction of sp³-hybridized carbons (Fsp3) is 0.571. The predicted molar refractivity (Wildman–Crippen MR) is 87.7 cm³/mol. The molecule has 6 heteroatoms. The number of sulfonamides is 1. The first kappa shape index (κ1) is 17.3. The molecule has 0 amide bonds.